The number of nitrogens with one attached hydrogen (secondary N) is 1. The quantitative estimate of drug-likeness (QED) is 0.375. The maximum Gasteiger partial charge on any atom is 0.337 e. The van der Waals surface area contributed by atoms with Crippen LogP contribution in [-0.4, -0.2) is 25.2 Å². The molecule has 136 valence electrons. The second-order valence-electron chi connectivity index (χ2n) is 5.45. The summed E-state index contributed by atoms with van der Waals surface area (Å²) >= 11 is 3.32. The van der Waals surface area contributed by atoms with Crippen LogP contribution >= 0.6 is 15.9 Å². The molecule has 0 saturated heterocycles. The predicted octanol–water partition coefficient (Wildman–Crippen LogP) is 4.26. The van der Waals surface area contributed by atoms with Crippen LogP contribution in [0.4, 0.5) is 0 Å². The van der Waals surface area contributed by atoms with Gasteiger partial charge in [-0.2, -0.15) is 5.10 Å². The summed E-state index contributed by atoms with van der Waals surface area (Å²) in [5.41, 5.74) is 4.09. The standard InChI is InChI=1S/C20H15BrN2O4/c1-26-20(25)14-6-4-5-13(11-14)18-10-9-15(27-18)12-22-23-19(24)16-7-2-3-8-17(16)21/h2-12H,1H3,(H,23,24)/b22-12+. The van der Waals surface area contributed by atoms with E-state index in [1.165, 1.54) is 13.3 Å². The zero-order valence-corrected chi connectivity index (χ0v) is 15.9. The number of hydrogen-bond acceptors (Lipinski definition) is 5. The van der Waals surface area contributed by atoms with Crippen molar-refractivity contribution in [2.45, 2.75) is 0 Å². The van der Waals surface area contributed by atoms with Crippen LogP contribution in [0.2, 0.25) is 0 Å². The molecular formula is C20H15BrN2O4. The van der Waals surface area contributed by atoms with Crippen LogP contribution in [0.3, 0.4) is 0 Å². The van der Waals surface area contributed by atoms with E-state index in [2.05, 4.69) is 26.5 Å². The average Bonchev–Trinajstić information content (AvgIpc) is 3.16. The van der Waals surface area contributed by atoms with Crippen molar-refractivity contribution in [1.82, 2.24) is 5.43 Å². The van der Waals surface area contributed by atoms with Crippen molar-refractivity contribution in [1.29, 1.82) is 0 Å². The number of esters is 1. The first-order chi connectivity index (χ1) is 13.1. The van der Waals surface area contributed by atoms with Gasteiger partial charge >= 0.3 is 5.97 Å². The van der Waals surface area contributed by atoms with Crippen LogP contribution in [0, 0.1) is 0 Å². The van der Waals surface area contributed by atoms with Crippen LogP contribution in [-0.2, 0) is 4.74 Å². The lowest BCUT2D eigenvalue weighted by atomic mass is 10.1. The first-order valence-corrected chi connectivity index (χ1v) is 8.74. The number of rotatable bonds is 5. The molecule has 0 spiro atoms. The van der Waals surface area contributed by atoms with E-state index in [0.29, 0.717) is 27.1 Å². The van der Waals surface area contributed by atoms with Gasteiger partial charge in [-0.25, -0.2) is 10.2 Å². The predicted molar refractivity (Wildman–Crippen MR) is 105 cm³/mol. The number of halogens is 1. The van der Waals surface area contributed by atoms with Gasteiger partial charge in [0.05, 0.1) is 24.5 Å². The summed E-state index contributed by atoms with van der Waals surface area (Å²) in [4.78, 5) is 23.7. The lowest BCUT2D eigenvalue weighted by Crippen LogP contribution is -2.17. The summed E-state index contributed by atoms with van der Waals surface area (Å²) in [6.45, 7) is 0. The van der Waals surface area contributed by atoms with Gasteiger partial charge in [-0.1, -0.05) is 24.3 Å². The molecule has 0 atom stereocenters. The number of ether oxygens (including phenoxy) is 1. The lowest BCUT2D eigenvalue weighted by molar-refractivity contribution is 0.0600. The Morgan fingerprint density at radius 1 is 1.11 bits per heavy atom. The first kappa shape index (κ1) is 18.6. The van der Waals surface area contributed by atoms with E-state index in [9.17, 15) is 9.59 Å². The Balaban J connectivity index is 1.69. The van der Waals surface area contributed by atoms with Crippen molar-refractivity contribution < 1.29 is 18.7 Å². The topological polar surface area (TPSA) is 80.9 Å². The summed E-state index contributed by atoms with van der Waals surface area (Å²) in [5.74, 6) is 0.275. The van der Waals surface area contributed by atoms with Gasteiger partial charge in [-0.15, -0.1) is 0 Å². The number of methoxy groups -OCH3 is 1. The molecule has 0 aliphatic carbocycles. The van der Waals surface area contributed by atoms with Gasteiger partial charge in [0.25, 0.3) is 5.91 Å². The van der Waals surface area contributed by atoms with Crippen molar-refractivity contribution >= 4 is 34.0 Å². The van der Waals surface area contributed by atoms with E-state index in [0.717, 1.165) is 5.56 Å². The maximum atomic E-state index is 12.1. The molecule has 1 aromatic heterocycles. The second-order valence-corrected chi connectivity index (χ2v) is 6.31. The van der Waals surface area contributed by atoms with E-state index in [1.807, 2.05) is 12.1 Å². The Labute approximate surface area is 164 Å². The summed E-state index contributed by atoms with van der Waals surface area (Å²) in [7, 11) is 1.33. The van der Waals surface area contributed by atoms with E-state index in [1.54, 1.807) is 48.5 Å². The zero-order chi connectivity index (χ0) is 19.2. The van der Waals surface area contributed by atoms with Crippen molar-refractivity contribution in [3.63, 3.8) is 0 Å². The number of nitrogens with zero attached hydrogens (tertiary/aromatic N) is 1. The number of hydrazone groups is 1. The van der Waals surface area contributed by atoms with Crippen LogP contribution in [0.1, 0.15) is 26.5 Å². The molecule has 0 radical (unpaired) electrons. The molecule has 0 aliphatic rings. The van der Waals surface area contributed by atoms with Gasteiger partial charge in [-0.3, -0.25) is 4.79 Å². The third-order valence-electron chi connectivity index (χ3n) is 3.67. The van der Waals surface area contributed by atoms with E-state index >= 15 is 0 Å². The van der Waals surface area contributed by atoms with Crippen LogP contribution < -0.4 is 5.43 Å². The Kier molecular flexibility index (Phi) is 5.83. The van der Waals surface area contributed by atoms with Gasteiger partial charge in [0.15, 0.2) is 0 Å². The normalized spacial score (nSPS) is 10.7. The Bertz CT molecular complexity index is 1010. The largest absolute Gasteiger partial charge is 0.465 e. The molecule has 0 fully saturated rings. The number of amides is 1. The number of benzene rings is 2. The van der Waals surface area contributed by atoms with Crippen molar-refractivity contribution in [2.24, 2.45) is 5.10 Å². The van der Waals surface area contributed by atoms with Crippen molar-refractivity contribution in [2.75, 3.05) is 7.11 Å². The molecule has 7 heteroatoms. The summed E-state index contributed by atoms with van der Waals surface area (Å²) in [6.07, 6.45) is 1.41. The number of carbonyl (C=O) groups excluding carboxylic acids is 2. The van der Waals surface area contributed by atoms with Crippen LogP contribution in [0.25, 0.3) is 11.3 Å². The summed E-state index contributed by atoms with van der Waals surface area (Å²) in [6, 6.07) is 17.4. The highest BCUT2D eigenvalue weighted by atomic mass is 79.9. The second kappa shape index (κ2) is 8.46. The average molecular weight is 427 g/mol. The molecule has 1 heterocycles. The highest BCUT2D eigenvalue weighted by Gasteiger charge is 2.10. The molecular weight excluding hydrogens is 412 g/mol. The van der Waals surface area contributed by atoms with E-state index in [-0.39, 0.29) is 5.91 Å². The fraction of sp³-hybridized carbons (Fsp3) is 0.0500. The molecule has 27 heavy (non-hydrogen) atoms. The third-order valence-corrected chi connectivity index (χ3v) is 4.36. The fourth-order valence-corrected chi connectivity index (χ4v) is 2.82. The molecule has 0 unspecified atom stereocenters. The summed E-state index contributed by atoms with van der Waals surface area (Å²) in [5, 5.41) is 3.91. The molecule has 0 aliphatic heterocycles. The number of carbonyl (C=O) groups is 2. The van der Waals surface area contributed by atoms with Crippen molar-refractivity contribution in [3.8, 4) is 11.3 Å². The number of furan rings is 1. The molecule has 1 amide bonds. The van der Waals surface area contributed by atoms with Gasteiger partial charge in [-0.05, 0) is 52.3 Å². The molecule has 0 bridgehead atoms. The minimum absolute atomic E-state index is 0.337. The summed E-state index contributed by atoms with van der Waals surface area (Å²) < 4.78 is 11.1. The highest BCUT2D eigenvalue weighted by Crippen LogP contribution is 2.23. The minimum Gasteiger partial charge on any atom is -0.465 e. The lowest BCUT2D eigenvalue weighted by Gasteiger charge is -2.02. The smallest absolute Gasteiger partial charge is 0.337 e. The Morgan fingerprint density at radius 3 is 2.70 bits per heavy atom. The minimum atomic E-state index is -0.417. The van der Waals surface area contributed by atoms with Gasteiger partial charge in [0, 0.05) is 10.0 Å². The Morgan fingerprint density at radius 2 is 1.93 bits per heavy atom. The maximum absolute atomic E-state index is 12.1. The van der Waals surface area contributed by atoms with Crippen LogP contribution in [0.15, 0.2) is 74.7 Å². The molecule has 3 rings (SSSR count). The molecule has 3 aromatic rings. The zero-order valence-electron chi connectivity index (χ0n) is 14.3. The van der Waals surface area contributed by atoms with Gasteiger partial charge in [0.1, 0.15) is 11.5 Å². The monoisotopic (exact) mass is 426 g/mol. The van der Waals surface area contributed by atoms with Gasteiger partial charge < -0.3 is 9.15 Å². The molecule has 2 aromatic carbocycles. The molecule has 6 nitrogen and oxygen atoms in total. The first-order valence-electron chi connectivity index (χ1n) is 7.95. The van der Waals surface area contributed by atoms with E-state index in [4.69, 9.17) is 9.15 Å². The number of hydrogen-bond donors (Lipinski definition) is 1. The van der Waals surface area contributed by atoms with Crippen molar-refractivity contribution in [3.05, 3.63) is 82.0 Å². The molecule has 1 N–H and O–H groups in total. The van der Waals surface area contributed by atoms with E-state index < -0.39 is 5.97 Å². The highest BCUT2D eigenvalue weighted by molar-refractivity contribution is 9.10. The van der Waals surface area contributed by atoms with Gasteiger partial charge in [0.2, 0.25) is 0 Å². The SMILES string of the molecule is COC(=O)c1cccc(-c2ccc(/C=N/NC(=O)c3ccccc3Br)o2)c1. The Hall–Kier alpha value is -3.19. The molecule has 0 saturated carbocycles. The fourth-order valence-electron chi connectivity index (χ4n) is 2.35. The third kappa shape index (κ3) is 4.51. The van der Waals surface area contributed by atoms with Crippen LogP contribution in [0.5, 0.6) is 0 Å².